The van der Waals surface area contributed by atoms with Crippen LogP contribution >= 0.6 is 39.1 Å². The second-order valence-electron chi connectivity index (χ2n) is 4.72. The second kappa shape index (κ2) is 7.30. The van der Waals surface area contributed by atoms with E-state index in [0.717, 1.165) is 10.0 Å². The molecule has 0 spiro atoms. The lowest BCUT2D eigenvalue weighted by atomic mass is 10.1. The minimum Gasteiger partial charge on any atom is -0.341 e. The average Bonchev–Trinajstić information content (AvgIpc) is 2.45. The van der Waals surface area contributed by atoms with E-state index in [1.165, 1.54) is 0 Å². The maximum absolute atomic E-state index is 12.3. The van der Waals surface area contributed by atoms with E-state index in [4.69, 9.17) is 23.2 Å². The Morgan fingerprint density at radius 2 is 1.71 bits per heavy atom. The third-order valence-corrected chi connectivity index (χ3v) is 4.66. The van der Waals surface area contributed by atoms with Crippen molar-refractivity contribution in [3.05, 3.63) is 68.1 Å². The summed E-state index contributed by atoms with van der Waals surface area (Å²) < 4.78 is 0.987. The van der Waals surface area contributed by atoms with E-state index >= 15 is 0 Å². The molecule has 0 unspecified atom stereocenters. The van der Waals surface area contributed by atoms with Gasteiger partial charge in [-0.05, 0) is 29.3 Å². The molecule has 2 aromatic carbocycles. The predicted octanol–water partition coefficient (Wildman–Crippen LogP) is 4.96. The number of rotatable bonds is 4. The molecule has 0 aliphatic carbocycles. The molecule has 0 heterocycles. The number of likely N-dealkylation sites (N-methyl/N-ethyl adjacent to an activating group) is 1. The first-order chi connectivity index (χ1) is 9.99. The van der Waals surface area contributed by atoms with Crippen molar-refractivity contribution in [2.24, 2.45) is 0 Å². The Kier molecular flexibility index (Phi) is 5.68. The SMILES string of the molecule is CN(Cc1ccccc1Br)C(=O)Cc1c(Cl)cccc1Cl. The molecular formula is C16H14BrCl2NO. The van der Waals surface area contributed by atoms with E-state index < -0.39 is 0 Å². The average molecular weight is 387 g/mol. The van der Waals surface area contributed by atoms with E-state index in [1.54, 1.807) is 30.1 Å². The minimum absolute atomic E-state index is 0.0271. The fourth-order valence-electron chi connectivity index (χ4n) is 1.96. The lowest BCUT2D eigenvalue weighted by Gasteiger charge is -2.19. The molecule has 0 aromatic heterocycles. The van der Waals surface area contributed by atoms with Crippen LogP contribution in [0.15, 0.2) is 46.9 Å². The maximum Gasteiger partial charge on any atom is 0.227 e. The third-order valence-electron chi connectivity index (χ3n) is 3.18. The third kappa shape index (κ3) is 4.22. The lowest BCUT2D eigenvalue weighted by molar-refractivity contribution is -0.129. The highest BCUT2D eigenvalue weighted by molar-refractivity contribution is 9.10. The molecule has 2 rings (SSSR count). The van der Waals surface area contributed by atoms with Crippen molar-refractivity contribution in [3.8, 4) is 0 Å². The van der Waals surface area contributed by atoms with Gasteiger partial charge in [0.05, 0.1) is 6.42 Å². The van der Waals surface area contributed by atoms with E-state index in [1.807, 2.05) is 24.3 Å². The second-order valence-corrected chi connectivity index (χ2v) is 6.39. The van der Waals surface area contributed by atoms with E-state index in [-0.39, 0.29) is 12.3 Å². The molecule has 0 N–H and O–H groups in total. The first kappa shape index (κ1) is 16.3. The van der Waals surface area contributed by atoms with Crippen LogP contribution < -0.4 is 0 Å². The number of carbonyl (C=O) groups excluding carboxylic acids is 1. The standard InChI is InChI=1S/C16H14BrCl2NO/c1-20(10-11-5-2-3-6-13(11)17)16(21)9-12-14(18)7-4-8-15(12)19/h2-8H,9-10H2,1H3. The van der Waals surface area contributed by atoms with Crippen molar-refractivity contribution in [2.45, 2.75) is 13.0 Å². The van der Waals surface area contributed by atoms with Crippen LogP contribution in [0.25, 0.3) is 0 Å². The van der Waals surface area contributed by atoms with Crippen molar-refractivity contribution < 1.29 is 4.79 Å². The molecule has 0 aliphatic rings. The fourth-order valence-corrected chi connectivity index (χ4v) is 2.90. The van der Waals surface area contributed by atoms with Crippen molar-refractivity contribution in [1.82, 2.24) is 4.90 Å². The zero-order valence-corrected chi connectivity index (χ0v) is 14.5. The molecule has 0 aliphatic heterocycles. The minimum atomic E-state index is -0.0271. The van der Waals surface area contributed by atoms with Gasteiger partial charge in [-0.3, -0.25) is 4.79 Å². The monoisotopic (exact) mass is 385 g/mol. The van der Waals surface area contributed by atoms with Gasteiger partial charge in [-0.2, -0.15) is 0 Å². The molecule has 0 radical (unpaired) electrons. The lowest BCUT2D eigenvalue weighted by Crippen LogP contribution is -2.28. The summed E-state index contributed by atoms with van der Waals surface area (Å²) in [7, 11) is 1.77. The summed E-state index contributed by atoms with van der Waals surface area (Å²) in [5.41, 5.74) is 1.73. The molecular weight excluding hydrogens is 373 g/mol. The molecule has 110 valence electrons. The molecule has 2 aromatic rings. The summed E-state index contributed by atoms with van der Waals surface area (Å²) >= 11 is 15.7. The van der Waals surface area contributed by atoms with Crippen LogP contribution in [0.1, 0.15) is 11.1 Å². The molecule has 21 heavy (non-hydrogen) atoms. The summed E-state index contributed by atoms with van der Waals surface area (Å²) in [6.45, 7) is 0.530. The Hall–Kier alpha value is -1.03. The first-order valence-electron chi connectivity index (χ1n) is 6.39. The zero-order valence-electron chi connectivity index (χ0n) is 11.4. The zero-order chi connectivity index (χ0) is 15.4. The van der Waals surface area contributed by atoms with Crippen LogP contribution in [0.3, 0.4) is 0 Å². The fraction of sp³-hybridized carbons (Fsp3) is 0.188. The van der Waals surface area contributed by atoms with Gasteiger partial charge in [0, 0.05) is 28.1 Å². The number of hydrogen-bond acceptors (Lipinski definition) is 1. The van der Waals surface area contributed by atoms with Crippen LogP contribution in [0.5, 0.6) is 0 Å². The molecule has 0 bridgehead atoms. The Morgan fingerprint density at radius 3 is 2.33 bits per heavy atom. The smallest absolute Gasteiger partial charge is 0.227 e. The van der Waals surface area contributed by atoms with Crippen molar-refractivity contribution in [3.63, 3.8) is 0 Å². The Labute approximate surface area is 142 Å². The van der Waals surface area contributed by atoms with Crippen LogP contribution in [0, 0.1) is 0 Å². The molecule has 0 atom stereocenters. The Morgan fingerprint density at radius 1 is 1.10 bits per heavy atom. The van der Waals surface area contributed by atoms with Gasteiger partial charge in [-0.15, -0.1) is 0 Å². The summed E-state index contributed by atoms with van der Waals surface area (Å²) in [5, 5.41) is 1.04. The highest BCUT2D eigenvalue weighted by Gasteiger charge is 2.15. The molecule has 2 nitrogen and oxygen atoms in total. The number of halogens is 3. The molecule has 0 saturated carbocycles. The van der Waals surface area contributed by atoms with Gasteiger partial charge in [-0.1, -0.05) is 63.4 Å². The van der Waals surface area contributed by atoms with E-state index in [2.05, 4.69) is 15.9 Å². The van der Waals surface area contributed by atoms with Gasteiger partial charge in [0.25, 0.3) is 0 Å². The van der Waals surface area contributed by atoms with Crippen molar-refractivity contribution in [2.75, 3.05) is 7.05 Å². The van der Waals surface area contributed by atoms with E-state index in [0.29, 0.717) is 22.2 Å². The van der Waals surface area contributed by atoms with Crippen LogP contribution in [0.4, 0.5) is 0 Å². The topological polar surface area (TPSA) is 20.3 Å². The number of nitrogens with zero attached hydrogens (tertiary/aromatic N) is 1. The Balaban J connectivity index is 2.08. The summed E-state index contributed by atoms with van der Waals surface area (Å²) in [6, 6.07) is 13.1. The van der Waals surface area contributed by atoms with Crippen molar-refractivity contribution >= 4 is 45.0 Å². The first-order valence-corrected chi connectivity index (χ1v) is 7.94. The van der Waals surface area contributed by atoms with Gasteiger partial charge in [0.2, 0.25) is 5.91 Å². The van der Waals surface area contributed by atoms with Crippen LogP contribution in [-0.4, -0.2) is 17.9 Å². The number of amides is 1. The highest BCUT2D eigenvalue weighted by Crippen LogP contribution is 2.25. The van der Waals surface area contributed by atoms with Crippen LogP contribution in [0.2, 0.25) is 10.0 Å². The maximum atomic E-state index is 12.3. The molecule has 0 fully saturated rings. The van der Waals surface area contributed by atoms with E-state index in [9.17, 15) is 4.79 Å². The number of benzene rings is 2. The molecule has 0 saturated heterocycles. The molecule has 5 heteroatoms. The summed E-state index contributed by atoms with van der Waals surface area (Å²) in [4.78, 5) is 14.0. The molecule has 1 amide bonds. The van der Waals surface area contributed by atoms with Crippen LogP contribution in [-0.2, 0) is 17.8 Å². The van der Waals surface area contributed by atoms with Gasteiger partial charge in [0.1, 0.15) is 0 Å². The normalized spacial score (nSPS) is 10.5. The quantitative estimate of drug-likeness (QED) is 0.727. The number of hydrogen-bond donors (Lipinski definition) is 0. The largest absolute Gasteiger partial charge is 0.341 e. The Bertz CT molecular complexity index is 640. The van der Waals surface area contributed by atoms with Gasteiger partial charge in [-0.25, -0.2) is 0 Å². The summed E-state index contributed by atoms with van der Waals surface area (Å²) in [5.74, 6) is -0.0271. The predicted molar refractivity (Wildman–Crippen MR) is 90.8 cm³/mol. The summed E-state index contributed by atoms with van der Waals surface area (Å²) in [6.07, 6.45) is 0.194. The van der Waals surface area contributed by atoms with Gasteiger partial charge >= 0.3 is 0 Å². The number of carbonyl (C=O) groups is 1. The van der Waals surface area contributed by atoms with Crippen molar-refractivity contribution in [1.29, 1.82) is 0 Å². The van der Waals surface area contributed by atoms with Gasteiger partial charge in [0.15, 0.2) is 0 Å². The highest BCUT2D eigenvalue weighted by atomic mass is 79.9. The van der Waals surface area contributed by atoms with Gasteiger partial charge < -0.3 is 4.90 Å².